The third kappa shape index (κ3) is 3.53. The fraction of sp³-hybridized carbons (Fsp3) is 0.400. The predicted octanol–water partition coefficient (Wildman–Crippen LogP) is 3.02. The van der Waals surface area contributed by atoms with Crippen LogP contribution in [0.4, 0.5) is 0 Å². The number of benzene rings is 1. The van der Waals surface area contributed by atoms with Crippen molar-refractivity contribution in [1.82, 2.24) is 10.3 Å². The van der Waals surface area contributed by atoms with Gasteiger partial charge in [0.15, 0.2) is 0 Å². The Labute approximate surface area is 103 Å². The molecule has 2 aromatic rings. The number of hydrogen-bond donors (Lipinski definition) is 1. The zero-order valence-electron chi connectivity index (χ0n) is 10.6. The highest BCUT2D eigenvalue weighted by Crippen LogP contribution is 2.13. The second kappa shape index (κ2) is 5.78. The maximum atomic E-state index is 4.33. The van der Waals surface area contributed by atoms with Crippen LogP contribution in [-0.2, 0) is 6.42 Å². The van der Waals surface area contributed by atoms with E-state index < -0.39 is 0 Å². The quantitative estimate of drug-likeness (QED) is 0.796. The van der Waals surface area contributed by atoms with Crippen molar-refractivity contribution in [2.75, 3.05) is 13.1 Å². The van der Waals surface area contributed by atoms with Gasteiger partial charge >= 0.3 is 0 Å². The van der Waals surface area contributed by atoms with Gasteiger partial charge in [-0.3, -0.25) is 4.98 Å². The first kappa shape index (κ1) is 12.1. The molecule has 1 aromatic carbocycles. The van der Waals surface area contributed by atoms with E-state index in [9.17, 15) is 0 Å². The van der Waals surface area contributed by atoms with Crippen molar-refractivity contribution in [1.29, 1.82) is 0 Å². The minimum Gasteiger partial charge on any atom is -0.316 e. The molecule has 90 valence electrons. The van der Waals surface area contributed by atoms with Crippen LogP contribution in [0.25, 0.3) is 10.9 Å². The van der Waals surface area contributed by atoms with Crippen molar-refractivity contribution in [3.05, 3.63) is 42.1 Å². The van der Waals surface area contributed by atoms with Crippen LogP contribution in [0.3, 0.4) is 0 Å². The molecule has 0 aliphatic heterocycles. The number of rotatable bonds is 5. The topological polar surface area (TPSA) is 24.9 Å². The van der Waals surface area contributed by atoms with Crippen LogP contribution in [-0.4, -0.2) is 18.1 Å². The zero-order valence-corrected chi connectivity index (χ0v) is 10.6. The molecular formula is C15H20N2. The Morgan fingerprint density at radius 2 is 2.12 bits per heavy atom. The first-order valence-corrected chi connectivity index (χ1v) is 6.30. The Morgan fingerprint density at radius 3 is 2.94 bits per heavy atom. The highest BCUT2D eigenvalue weighted by molar-refractivity contribution is 5.78. The van der Waals surface area contributed by atoms with Crippen molar-refractivity contribution in [2.24, 2.45) is 5.92 Å². The van der Waals surface area contributed by atoms with Gasteiger partial charge in [-0.2, -0.15) is 0 Å². The molecule has 0 fully saturated rings. The number of aromatic nitrogens is 1. The molecule has 2 nitrogen and oxygen atoms in total. The summed E-state index contributed by atoms with van der Waals surface area (Å²) in [6, 6.07) is 10.6. The standard InChI is InChI=1S/C15H20N2/c1-12(2)11-16-9-7-13-5-6-15-14(10-13)4-3-8-17-15/h3-6,8,10,12,16H,7,9,11H2,1-2H3. The third-order valence-corrected chi connectivity index (χ3v) is 2.81. The summed E-state index contributed by atoms with van der Waals surface area (Å²) in [5.74, 6) is 0.718. The van der Waals surface area contributed by atoms with Gasteiger partial charge in [-0.15, -0.1) is 0 Å². The SMILES string of the molecule is CC(C)CNCCc1ccc2ncccc2c1. The number of nitrogens with one attached hydrogen (secondary N) is 1. The number of nitrogens with zero attached hydrogens (tertiary/aromatic N) is 1. The molecule has 1 heterocycles. The van der Waals surface area contributed by atoms with E-state index in [0.29, 0.717) is 0 Å². The Morgan fingerprint density at radius 1 is 1.24 bits per heavy atom. The number of fused-ring (bicyclic) bond motifs is 1. The number of hydrogen-bond acceptors (Lipinski definition) is 2. The fourth-order valence-corrected chi connectivity index (χ4v) is 1.90. The first-order valence-electron chi connectivity index (χ1n) is 6.30. The first-order chi connectivity index (χ1) is 8.25. The van der Waals surface area contributed by atoms with E-state index >= 15 is 0 Å². The Kier molecular flexibility index (Phi) is 4.10. The normalized spacial score (nSPS) is 11.2. The van der Waals surface area contributed by atoms with E-state index in [1.807, 2.05) is 12.3 Å². The maximum Gasteiger partial charge on any atom is 0.0702 e. The van der Waals surface area contributed by atoms with Gasteiger partial charge < -0.3 is 5.32 Å². The van der Waals surface area contributed by atoms with E-state index in [4.69, 9.17) is 0 Å². The third-order valence-electron chi connectivity index (χ3n) is 2.81. The molecule has 2 heteroatoms. The monoisotopic (exact) mass is 228 g/mol. The molecule has 0 aliphatic carbocycles. The Bertz CT molecular complexity index is 477. The van der Waals surface area contributed by atoms with E-state index in [0.717, 1.165) is 30.9 Å². The summed E-state index contributed by atoms with van der Waals surface area (Å²) in [4.78, 5) is 4.33. The summed E-state index contributed by atoms with van der Waals surface area (Å²) in [5.41, 5.74) is 2.45. The lowest BCUT2D eigenvalue weighted by atomic mass is 10.1. The van der Waals surface area contributed by atoms with E-state index in [2.05, 4.69) is 48.4 Å². The molecule has 0 saturated carbocycles. The summed E-state index contributed by atoms with van der Waals surface area (Å²) < 4.78 is 0. The van der Waals surface area contributed by atoms with Crippen molar-refractivity contribution in [2.45, 2.75) is 20.3 Å². The predicted molar refractivity (Wildman–Crippen MR) is 73.2 cm³/mol. The van der Waals surface area contributed by atoms with Crippen LogP contribution in [0.1, 0.15) is 19.4 Å². The molecule has 0 radical (unpaired) electrons. The molecule has 0 spiro atoms. The van der Waals surface area contributed by atoms with Gasteiger partial charge in [-0.25, -0.2) is 0 Å². The van der Waals surface area contributed by atoms with Crippen LogP contribution in [0, 0.1) is 5.92 Å². The number of pyridine rings is 1. The largest absolute Gasteiger partial charge is 0.316 e. The molecule has 0 atom stereocenters. The van der Waals surface area contributed by atoms with Crippen LogP contribution in [0.5, 0.6) is 0 Å². The van der Waals surface area contributed by atoms with Gasteiger partial charge in [0.2, 0.25) is 0 Å². The molecular weight excluding hydrogens is 208 g/mol. The lowest BCUT2D eigenvalue weighted by molar-refractivity contribution is 0.554. The van der Waals surface area contributed by atoms with Gasteiger partial charge in [0.1, 0.15) is 0 Å². The average molecular weight is 228 g/mol. The van der Waals surface area contributed by atoms with E-state index in [1.54, 1.807) is 0 Å². The second-order valence-corrected chi connectivity index (χ2v) is 4.88. The van der Waals surface area contributed by atoms with Gasteiger partial charge in [0, 0.05) is 11.6 Å². The minimum atomic E-state index is 0.718. The summed E-state index contributed by atoms with van der Waals surface area (Å²) in [7, 11) is 0. The van der Waals surface area contributed by atoms with Crippen LogP contribution >= 0.6 is 0 Å². The van der Waals surface area contributed by atoms with E-state index in [-0.39, 0.29) is 0 Å². The van der Waals surface area contributed by atoms with Crippen LogP contribution in [0.15, 0.2) is 36.5 Å². The summed E-state index contributed by atoms with van der Waals surface area (Å²) in [6.45, 7) is 6.60. The Balaban J connectivity index is 1.95. The second-order valence-electron chi connectivity index (χ2n) is 4.88. The van der Waals surface area contributed by atoms with Crippen molar-refractivity contribution in [3.63, 3.8) is 0 Å². The van der Waals surface area contributed by atoms with Gasteiger partial charge in [0.25, 0.3) is 0 Å². The lowest BCUT2D eigenvalue weighted by Crippen LogP contribution is -2.22. The summed E-state index contributed by atoms with van der Waals surface area (Å²) >= 11 is 0. The van der Waals surface area contributed by atoms with Gasteiger partial charge in [-0.1, -0.05) is 26.0 Å². The fourth-order valence-electron chi connectivity index (χ4n) is 1.90. The lowest BCUT2D eigenvalue weighted by Gasteiger charge is -2.07. The highest BCUT2D eigenvalue weighted by Gasteiger charge is 1.98. The van der Waals surface area contributed by atoms with Gasteiger partial charge in [0.05, 0.1) is 5.52 Å². The molecule has 17 heavy (non-hydrogen) atoms. The molecule has 0 amide bonds. The highest BCUT2D eigenvalue weighted by atomic mass is 14.8. The summed E-state index contributed by atoms with van der Waals surface area (Å²) in [5, 5.41) is 4.70. The average Bonchev–Trinajstić information content (AvgIpc) is 2.34. The smallest absolute Gasteiger partial charge is 0.0702 e. The Hall–Kier alpha value is -1.41. The van der Waals surface area contributed by atoms with Crippen molar-refractivity contribution >= 4 is 10.9 Å². The zero-order chi connectivity index (χ0) is 12.1. The maximum absolute atomic E-state index is 4.33. The molecule has 2 rings (SSSR count). The molecule has 0 saturated heterocycles. The molecule has 1 N–H and O–H groups in total. The van der Waals surface area contributed by atoms with Crippen molar-refractivity contribution < 1.29 is 0 Å². The molecule has 0 aliphatic rings. The minimum absolute atomic E-state index is 0.718. The van der Waals surface area contributed by atoms with Crippen LogP contribution < -0.4 is 5.32 Å². The van der Waals surface area contributed by atoms with Gasteiger partial charge in [-0.05, 0) is 49.2 Å². The molecule has 0 unspecified atom stereocenters. The molecule has 0 bridgehead atoms. The van der Waals surface area contributed by atoms with Crippen molar-refractivity contribution in [3.8, 4) is 0 Å². The summed E-state index contributed by atoms with van der Waals surface area (Å²) in [6.07, 6.45) is 2.92. The van der Waals surface area contributed by atoms with Crippen LogP contribution in [0.2, 0.25) is 0 Å². The van der Waals surface area contributed by atoms with E-state index in [1.165, 1.54) is 10.9 Å². The molecule has 1 aromatic heterocycles.